The molecule has 6 N–H and O–H groups in total. The third-order valence-electron chi connectivity index (χ3n) is 6.39. The maximum Gasteiger partial charge on any atom is 0.336 e. The normalized spacial score (nSPS) is 12.1. The van der Waals surface area contributed by atoms with Crippen LogP contribution in [0.3, 0.4) is 0 Å². The largest absolute Gasteiger partial charge is 0.478 e. The van der Waals surface area contributed by atoms with Gasteiger partial charge in [-0.3, -0.25) is 0 Å². The van der Waals surface area contributed by atoms with E-state index in [0.717, 1.165) is 36.8 Å². The van der Waals surface area contributed by atoms with Gasteiger partial charge in [-0.2, -0.15) is 0 Å². The lowest BCUT2D eigenvalue weighted by atomic mass is 9.82. The lowest BCUT2D eigenvalue weighted by Crippen LogP contribution is -2.17. The van der Waals surface area contributed by atoms with E-state index in [1.54, 1.807) is 12.1 Å². The van der Waals surface area contributed by atoms with Crippen molar-refractivity contribution in [1.82, 2.24) is 0 Å². The number of nitrogen functional groups attached to an aromatic ring is 2. The highest BCUT2D eigenvalue weighted by Gasteiger charge is 2.24. The second-order valence-electron chi connectivity index (χ2n) is 11.1. The summed E-state index contributed by atoms with van der Waals surface area (Å²) in [6.07, 6.45) is 4.58. The lowest BCUT2D eigenvalue weighted by Gasteiger charge is -2.24. The fourth-order valence-electron chi connectivity index (χ4n) is 4.53. The van der Waals surface area contributed by atoms with Crippen LogP contribution in [0.4, 0.5) is 11.4 Å². The first-order valence-corrected chi connectivity index (χ1v) is 12.0. The number of hydrogen-bond donors (Lipinski definition) is 4. The highest BCUT2D eigenvalue weighted by molar-refractivity contribution is 5.92. The first-order valence-electron chi connectivity index (χ1n) is 12.0. The zero-order chi connectivity index (χ0) is 25.8. The van der Waals surface area contributed by atoms with E-state index in [1.165, 1.54) is 0 Å². The van der Waals surface area contributed by atoms with E-state index in [2.05, 4.69) is 41.5 Å². The number of aromatic carboxylic acids is 2. The van der Waals surface area contributed by atoms with Crippen LogP contribution in [0, 0.1) is 0 Å². The number of unbranched alkanes of at least 4 members (excludes halogenated alkanes) is 3. The second-order valence-corrected chi connectivity index (χ2v) is 11.1. The number of carboxylic acid groups (broad SMARTS) is 2. The maximum atomic E-state index is 11.7. The maximum absolute atomic E-state index is 11.7. The number of benzene rings is 2. The Labute approximate surface area is 203 Å². The summed E-state index contributed by atoms with van der Waals surface area (Å²) in [4.78, 5) is 23.5. The molecule has 2 rings (SSSR count). The van der Waals surface area contributed by atoms with E-state index in [0.29, 0.717) is 35.3 Å². The van der Waals surface area contributed by atoms with E-state index >= 15 is 0 Å². The summed E-state index contributed by atoms with van der Waals surface area (Å²) < 4.78 is 0. The average molecular weight is 469 g/mol. The molecule has 34 heavy (non-hydrogen) atoms. The monoisotopic (exact) mass is 468 g/mol. The zero-order valence-corrected chi connectivity index (χ0v) is 21.4. The Morgan fingerprint density at radius 2 is 0.971 bits per heavy atom. The predicted octanol–water partition coefficient (Wildman–Crippen LogP) is 6.19. The molecular weight excluding hydrogens is 428 g/mol. The van der Waals surface area contributed by atoms with E-state index in [-0.39, 0.29) is 22.0 Å². The quantitative estimate of drug-likeness (QED) is 0.257. The van der Waals surface area contributed by atoms with Crippen molar-refractivity contribution in [3.8, 4) is 0 Å². The van der Waals surface area contributed by atoms with Crippen molar-refractivity contribution in [3.63, 3.8) is 0 Å². The third-order valence-corrected chi connectivity index (χ3v) is 6.39. The summed E-state index contributed by atoms with van der Waals surface area (Å²) in [6, 6.07) is 6.96. The molecule has 0 atom stereocenters. The van der Waals surface area contributed by atoms with Gasteiger partial charge in [0.2, 0.25) is 0 Å². The van der Waals surface area contributed by atoms with Crippen molar-refractivity contribution in [2.75, 3.05) is 11.5 Å². The Morgan fingerprint density at radius 3 is 1.24 bits per heavy atom. The van der Waals surface area contributed by atoms with Gasteiger partial charge < -0.3 is 21.7 Å². The number of carbonyl (C=O) groups is 2. The van der Waals surface area contributed by atoms with Crippen LogP contribution in [-0.4, -0.2) is 22.2 Å². The fourth-order valence-corrected chi connectivity index (χ4v) is 4.53. The Balaban J connectivity index is 2.07. The molecule has 186 valence electrons. The van der Waals surface area contributed by atoms with Crippen LogP contribution < -0.4 is 11.5 Å². The smallest absolute Gasteiger partial charge is 0.336 e. The molecule has 0 fully saturated rings. The molecule has 6 nitrogen and oxygen atoms in total. The average Bonchev–Trinajstić information content (AvgIpc) is 2.69. The Hall–Kier alpha value is -3.02. The van der Waals surface area contributed by atoms with Gasteiger partial charge in [0.1, 0.15) is 0 Å². The lowest BCUT2D eigenvalue weighted by molar-refractivity contribution is 0.0684. The minimum Gasteiger partial charge on any atom is -0.478 e. The molecule has 0 unspecified atom stereocenters. The van der Waals surface area contributed by atoms with E-state index in [4.69, 9.17) is 11.5 Å². The molecule has 0 amide bonds. The van der Waals surface area contributed by atoms with E-state index < -0.39 is 11.9 Å². The van der Waals surface area contributed by atoms with E-state index in [9.17, 15) is 19.8 Å². The number of hydrogen-bond acceptors (Lipinski definition) is 4. The number of carboxylic acids is 2. The van der Waals surface area contributed by atoms with E-state index in [1.807, 2.05) is 12.1 Å². The van der Waals surface area contributed by atoms with Crippen LogP contribution in [0.15, 0.2) is 24.3 Å². The third kappa shape index (κ3) is 6.31. The molecule has 2 aromatic carbocycles. The number of anilines is 2. The SMILES string of the molecule is CC(C)(C)c1ccc(C(=O)O)c(CCCCCCc2c(C(=O)O)ccc(C(C)(C)C)c2N)c1N. The number of rotatable bonds is 9. The van der Waals surface area contributed by atoms with Crippen LogP contribution in [0.5, 0.6) is 0 Å². The molecule has 6 heteroatoms. The Kier molecular flexibility index (Phi) is 8.40. The molecule has 0 aliphatic rings. The van der Waals surface area contributed by atoms with Crippen LogP contribution in [0.25, 0.3) is 0 Å². The highest BCUT2D eigenvalue weighted by atomic mass is 16.4. The fraction of sp³-hybridized carbons (Fsp3) is 0.500. The van der Waals surface area contributed by atoms with Crippen molar-refractivity contribution >= 4 is 23.3 Å². The Morgan fingerprint density at radius 1 is 0.647 bits per heavy atom. The van der Waals surface area contributed by atoms with Gasteiger partial charge in [0.15, 0.2) is 0 Å². The van der Waals surface area contributed by atoms with Gasteiger partial charge in [-0.1, -0.05) is 66.5 Å². The minimum absolute atomic E-state index is 0.167. The molecule has 0 heterocycles. The van der Waals surface area contributed by atoms with Crippen molar-refractivity contribution in [2.24, 2.45) is 0 Å². The summed E-state index contributed by atoms with van der Waals surface area (Å²) in [5.74, 6) is -1.92. The minimum atomic E-state index is -0.961. The zero-order valence-electron chi connectivity index (χ0n) is 21.4. The van der Waals surface area contributed by atoms with Crippen LogP contribution in [0.1, 0.15) is 110 Å². The van der Waals surface area contributed by atoms with Crippen LogP contribution >= 0.6 is 0 Å². The molecule has 0 radical (unpaired) electrons. The van der Waals surface area contributed by atoms with Crippen molar-refractivity contribution in [2.45, 2.75) is 90.9 Å². The summed E-state index contributed by atoms with van der Waals surface area (Å²) in [6.45, 7) is 12.4. The van der Waals surface area contributed by atoms with Crippen LogP contribution in [0.2, 0.25) is 0 Å². The highest BCUT2D eigenvalue weighted by Crippen LogP contribution is 2.34. The molecule has 0 aliphatic heterocycles. The van der Waals surface area contributed by atoms with Crippen molar-refractivity contribution in [1.29, 1.82) is 0 Å². The van der Waals surface area contributed by atoms with Gasteiger partial charge in [0, 0.05) is 11.4 Å². The standard InChI is InChI=1S/C28H40N2O4/c1-27(2,3)21-15-13-19(25(31)32)17(23(21)29)11-9-7-8-10-12-18-20(26(33)34)14-16-22(24(18)30)28(4,5)6/h13-16H,7-12,29-30H2,1-6H3,(H,31,32)(H,33,34). The first-order chi connectivity index (χ1) is 15.7. The van der Waals surface area contributed by atoms with Gasteiger partial charge in [0.05, 0.1) is 11.1 Å². The van der Waals surface area contributed by atoms with Gasteiger partial charge in [-0.05, 0) is 70.9 Å². The van der Waals surface area contributed by atoms with Crippen molar-refractivity contribution in [3.05, 3.63) is 57.6 Å². The summed E-state index contributed by atoms with van der Waals surface area (Å²) in [5, 5.41) is 19.2. The Bertz CT molecular complexity index is 974. The molecule has 0 bridgehead atoms. The molecule has 0 saturated carbocycles. The molecular formula is C28H40N2O4. The van der Waals surface area contributed by atoms with Gasteiger partial charge in [0.25, 0.3) is 0 Å². The van der Waals surface area contributed by atoms with Gasteiger partial charge in [-0.15, -0.1) is 0 Å². The summed E-state index contributed by atoms with van der Waals surface area (Å²) >= 11 is 0. The topological polar surface area (TPSA) is 127 Å². The second kappa shape index (κ2) is 10.5. The predicted molar refractivity (Wildman–Crippen MR) is 139 cm³/mol. The van der Waals surface area contributed by atoms with Gasteiger partial charge in [-0.25, -0.2) is 9.59 Å². The van der Waals surface area contributed by atoms with Crippen LogP contribution in [-0.2, 0) is 23.7 Å². The molecule has 0 aliphatic carbocycles. The van der Waals surface area contributed by atoms with Gasteiger partial charge >= 0.3 is 11.9 Å². The summed E-state index contributed by atoms with van der Waals surface area (Å²) in [7, 11) is 0. The molecule has 0 aromatic heterocycles. The molecule has 0 spiro atoms. The number of nitrogens with two attached hydrogens (primary N) is 2. The van der Waals surface area contributed by atoms with Crippen molar-refractivity contribution < 1.29 is 19.8 Å². The molecule has 0 saturated heterocycles. The summed E-state index contributed by atoms with van der Waals surface area (Å²) in [5.41, 5.74) is 17.5. The first kappa shape index (κ1) is 27.2. The molecule has 2 aromatic rings.